The van der Waals surface area contributed by atoms with Crippen LogP contribution in [0.5, 0.6) is 5.75 Å². The van der Waals surface area contributed by atoms with Crippen LogP contribution in [0.2, 0.25) is 0 Å². The van der Waals surface area contributed by atoms with E-state index in [1.54, 1.807) is 13.4 Å². The first kappa shape index (κ1) is 15.7. The van der Waals surface area contributed by atoms with Crippen LogP contribution in [0, 0.1) is 0 Å². The molecule has 0 saturated carbocycles. The molecule has 1 aromatic carbocycles. The maximum absolute atomic E-state index is 5.49. The maximum atomic E-state index is 5.49. The molecule has 0 aliphatic carbocycles. The number of para-hydroxylation sites is 2. The standard InChI is InChI=1S/C18H22N6O/c1-3-22-13-21-16-17(22)19-12-20-18(16)24-10-8-23(9-11-24)14-6-4-5-7-15(14)25-2/h4-7,12-13H,3,8-11H2,1-2H3. The van der Waals surface area contributed by atoms with Gasteiger partial charge in [-0.25, -0.2) is 15.0 Å². The van der Waals surface area contributed by atoms with E-state index in [9.17, 15) is 0 Å². The van der Waals surface area contributed by atoms with Gasteiger partial charge in [0, 0.05) is 32.7 Å². The van der Waals surface area contributed by atoms with Gasteiger partial charge in [-0.05, 0) is 19.1 Å². The minimum absolute atomic E-state index is 0.856. The Kier molecular flexibility index (Phi) is 4.13. The first-order chi connectivity index (χ1) is 12.3. The average Bonchev–Trinajstić information content (AvgIpc) is 3.11. The molecule has 1 aliphatic rings. The fraction of sp³-hybridized carbons (Fsp3) is 0.389. The fourth-order valence-corrected chi connectivity index (χ4v) is 3.38. The van der Waals surface area contributed by atoms with Crippen LogP contribution < -0.4 is 14.5 Å². The third-order valence-corrected chi connectivity index (χ3v) is 4.73. The minimum Gasteiger partial charge on any atom is -0.495 e. The maximum Gasteiger partial charge on any atom is 0.165 e. The van der Waals surface area contributed by atoms with Gasteiger partial charge in [-0.15, -0.1) is 0 Å². The van der Waals surface area contributed by atoms with E-state index in [4.69, 9.17) is 4.74 Å². The van der Waals surface area contributed by atoms with Crippen LogP contribution in [-0.4, -0.2) is 52.8 Å². The summed E-state index contributed by atoms with van der Waals surface area (Å²) in [7, 11) is 1.72. The van der Waals surface area contributed by atoms with E-state index in [0.717, 1.165) is 61.1 Å². The molecule has 1 fully saturated rings. The SMILES string of the molecule is CCn1cnc2c(N3CCN(c4ccccc4OC)CC3)ncnc21. The van der Waals surface area contributed by atoms with Gasteiger partial charge >= 0.3 is 0 Å². The Labute approximate surface area is 146 Å². The topological polar surface area (TPSA) is 59.3 Å². The second kappa shape index (κ2) is 6.58. The average molecular weight is 338 g/mol. The Bertz CT molecular complexity index is 869. The molecule has 7 heteroatoms. The molecule has 0 N–H and O–H groups in total. The Hall–Kier alpha value is -2.83. The molecule has 0 bridgehead atoms. The van der Waals surface area contributed by atoms with Gasteiger partial charge in [0.25, 0.3) is 0 Å². The van der Waals surface area contributed by atoms with Crippen molar-refractivity contribution in [3.63, 3.8) is 0 Å². The lowest BCUT2D eigenvalue weighted by Gasteiger charge is -2.37. The van der Waals surface area contributed by atoms with E-state index in [1.165, 1.54) is 0 Å². The van der Waals surface area contributed by atoms with Crippen molar-refractivity contribution in [2.24, 2.45) is 0 Å². The third kappa shape index (κ3) is 2.75. The molecule has 3 heterocycles. The van der Waals surface area contributed by atoms with Gasteiger partial charge in [0.05, 0.1) is 19.1 Å². The molecule has 0 amide bonds. The van der Waals surface area contributed by atoms with E-state index in [2.05, 4.69) is 43.8 Å². The summed E-state index contributed by atoms with van der Waals surface area (Å²) in [6.45, 7) is 6.57. The molecule has 0 atom stereocenters. The third-order valence-electron chi connectivity index (χ3n) is 4.73. The number of aryl methyl sites for hydroxylation is 1. The summed E-state index contributed by atoms with van der Waals surface area (Å²) in [6, 6.07) is 8.17. The van der Waals surface area contributed by atoms with Crippen LogP contribution >= 0.6 is 0 Å². The number of methoxy groups -OCH3 is 1. The summed E-state index contributed by atoms with van der Waals surface area (Å²) in [5.74, 6) is 1.85. The number of rotatable bonds is 4. The lowest BCUT2D eigenvalue weighted by molar-refractivity contribution is 0.413. The number of hydrogen-bond acceptors (Lipinski definition) is 6. The molecular formula is C18H22N6O. The van der Waals surface area contributed by atoms with E-state index >= 15 is 0 Å². The second-order valence-corrected chi connectivity index (χ2v) is 6.05. The number of piperazine rings is 1. The molecule has 0 radical (unpaired) electrons. The fourth-order valence-electron chi connectivity index (χ4n) is 3.38. The molecule has 25 heavy (non-hydrogen) atoms. The van der Waals surface area contributed by atoms with Crippen molar-refractivity contribution in [2.75, 3.05) is 43.1 Å². The lowest BCUT2D eigenvalue weighted by atomic mass is 10.2. The molecular weight excluding hydrogens is 316 g/mol. The van der Waals surface area contributed by atoms with Gasteiger partial charge in [0.15, 0.2) is 17.0 Å². The van der Waals surface area contributed by atoms with Crippen molar-refractivity contribution < 1.29 is 4.74 Å². The summed E-state index contributed by atoms with van der Waals surface area (Å²) in [4.78, 5) is 18.1. The predicted octanol–water partition coefficient (Wildman–Crippen LogP) is 2.18. The van der Waals surface area contributed by atoms with Crippen molar-refractivity contribution >= 4 is 22.7 Å². The monoisotopic (exact) mass is 338 g/mol. The van der Waals surface area contributed by atoms with E-state index in [0.29, 0.717) is 0 Å². The minimum atomic E-state index is 0.856. The summed E-state index contributed by atoms with van der Waals surface area (Å²) < 4.78 is 7.54. The van der Waals surface area contributed by atoms with Gasteiger partial charge in [-0.3, -0.25) is 0 Å². The number of hydrogen-bond donors (Lipinski definition) is 0. The van der Waals surface area contributed by atoms with Gasteiger partial charge in [-0.2, -0.15) is 0 Å². The molecule has 0 unspecified atom stereocenters. The number of benzene rings is 1. The Morgan fingerprint density at radius 3 is 2.52 bits per heavy atom. The normalized spacial score (nSPS) is 15.0. The molecule has 7 nitrogen and oxygen atoms in total. The van der Waals surface area contributed by atoms with Gasteiger partial charge in [-0.1, -0.05) is 12.1 Å². The predicted molar refractivity (Wildman–Crippen MR) is 98.4 cm³/mol. The molecule has 1 saturated heterocycles. The van der Waals surface area contributed by atoms with E-state index in [1.807, 2.05) is 23.0 Å². The molecule has 4 rings (SSSR count). The zero-order valence-electron chi connectivity index (χ0n) is 14.6. The Morgan fingerprint density at radius 2 is 1.76 bits per heavy atom. The van der Waals surface area contributed by atoms with Crippen molar-refractivity contribution in [3.05, 3.63) is 36.9 Å². The van der Waals surface area contributed by atoms with Crippen molar-refractivity contribution in [1.29, 1.82) is 0 Å². The number of nitrogens with zero attached hydrogens (tertiary/aromatic N) is 6. The Morgan fingerprint density at radius 1 is 1.00 bits per heavy atom. The largest absolute Gasteiger partial charge is 0.495 e. The number of ether oxygens (including phenoxy) is 1. The number of anilines is 2. The van der Waals surface area contributed by atoms with Crippen molar-refractivity contribution in [2.45, 2.75) is 13.5 Å². The molecule has 2 aromatic heterocycles. The van der Waals surface area contributed by atoms with E-state index in [-0.39, 0.29) is 0 Å². The molecule has 3 aromatic rings. The van der Waals surface area contributed by atoms with Crippen LogP contribution in [0.3, 0.4) is 0 Å². The summed E-state index contributed by atoms with van der Waals surface area (Å²) >= 11 is 0. The van der Waals surface area contributed by atoms with Crippen LogP contribution in [0.4, 0.5) is 11.5 Å². The van der Waals surface area contributed by atoms with Crippen molar-refractivity contribution in [1.82, 2.24) is 19.5 Å². The number of fused-ring (bicyclic) bond motifs is 1. The van der Waals surface area contributed by atoms with Gasteiger partial charge in [0.1, 0.15) is 12.1 Å². The first-order valence-corrected chi connectivity index (χ1v) is 8.60. The van der Waals surface area contributed by atoms with Crippen LogP contribution in [0.25, 0.3) is 11.2 Å². The summed E-state index contributed by atoms with van der Waals surface area (Å²) in [5, 5.41) is 0. The van der Waals surface area contributed by atoms with Crippen LogP contribution in [0.15, 0.2) is 36.9 Å². The zero-order chi connectivity index (χ0) is 17.2. The first-order valence-electron chi connectivity index (χ1n) is 8.60. The second-order valence-electron chi connectivity index (χ2n) is 6.05. The van der Waals surface area contributed by atoms with Crippen LogP contribution in [-0.2, 0) is 6.54 Å². The summed E-state index contributed by atoms with van der Waals surface area (Å²) in [5.41, 5.74) is 2.93. The van der Waals surface area contributed by atoms with Gasteiger partial charge in [0.2, 0.25) is 0 Å². The van der Waals surface area contributed by atoms with Gasteiger partial charge < -0.3 is 19.1 Å². The summed E-state index contributed by atoms with van der Waals surface area (Å²) in [6.07, 6.45) is 3.48. The smallest absolute Gasteiger partial charge is 0.165 e. The number of aromatic nitrogens is 4. The highest BCUT2D eigenvalue weighted by Gasteiger charge is 2.23. The quantitative estimate of drug-likeness (QED) is 0.727. The molecule has 130 valence electrons. The molecule has 1 aliphatic heterocycles. The highest BCUT2D eigenvalue weighted by molar-refractivity contribution is 5.83. The lowest BCUT2D eigenvalue weighted by Crippen LogP contribution is -2.47. The number of imidazole rings is 1. The molecule has 0 spiro atoms. The highest BCUT2D eigenvalue weighted by Crippen LogP contribution is 2.29. The zero-order valence-corrected chi connectivity index (χ0v) is 14.6. The highest BCUT2D eigenvalue weighted by atomic mass is 16.5. The Balaban J connectivity index is 1.55. The van der Waals surface area contributed by atoms with Crippen LogP contribution in [0.1, 0.15) is 6.92 Å². The van der Waals surface area contributed by atoms with E-state index < -0.39 is 0 Å². The van der Waals surface area contributed by atoms with Crippen molar-refractivity contribution in [3.8, 4) is 5.75 Å².